The third-order valence-corrected chi connectivity index (χ3v) is 9.09. The fourth-order valence-corrected chi connectivity index (χ4v) is 6.86. The van der Waals surface area contributed by atoms with Gasteiger partial charge in [-0.15, -0.1) is 12.4 Å². The van der Waals surface area contributed by atoms with Gasteiger partial charge in [0.05, 0.1) is 11.6 Å². The predicted octanol–water partition coefficient (Wildman–Crippen LogP) is 5.51. The highest BCUT2D eigenvalue weighted by Crippen LogP contribution is 2.35. The molecule has 2 aromatic carbocycles. The van der Waals surface area contributed by atoms with Crippen molar-refractivity contribution in [1.82, 2.24) is 20.7 Å². The lowest BCUT2D eigenvalue weighted by atomic mass is 9.79. The summed E-state index contributed by atoms with van der Waals surface area (Å²) >= 11 is 0. The summed E-state index contributed by atoms with van der Waals surface area (Å²) in [6, 6.07) is 13.9. The lowest BCUT2D eigenvalue weighted by Gasteiger charge is -2.50. The lowest BCUT2D eigenvalue weighted by Crippen LogP contribution is -2.71. The molecule has 3 N–H and O–H groups in total. The Bertz CT molecular complexity index is 1260. The molecule has 1 saturated carbocycles. The van der Waals surface area contributed by atoms with Gasteiger partial charge in [0.25, 0.3) is 0 Å². The molecule has 11 heteroatoms. The van der Waals surface area contributed by atoms with E-state index in [-0.39, 0.29) is 48.2 Å². The second kappa shape index (κ2) is 16.4. The number of cyclic esters (lactones) is 1. The summed E-state index contributed by atoms with van der Waals surface area (Å²) < 4.78 is 11.8. The standard InChI is InChI=1S/C34H46N4O6.ClH/c1-3-7-30-38(32(25-8-5-4-6-9-25)31(34(42)44-30)35-23(2)39)36-27-18-20-37(21-19-27)22-24-10-14-28(15-11-24)43-29-16-12-26(13-17-29)33(40)41;/h10-17,25,27,30-32,36H,3-9,18-22H2,1-2H3,(H,35,39)(H,40,41);1H. The molecule has 0 radical (unpaired) electrons. The Morgan fingerprint density at radius 2 is 1.58 bits per heavy atom. The Hall–Kier alpha value is -3.18. The van der Waals surface area contributed by atoms with Crippen LogP contribution in [-0.2, 0) is 20.9 Å². The summed E-state index contributed by atoms with van der Waals surface area (Å²) in [7, 11) is 0. The summed E-state index contributed by atoms with van der Waals surface area (Å²) in [6.07, 6.45) is 8.91. The molecule has 1 aliphatic carbocycles. The minimum atomic E-state index is -0.961. The van der Waals surface area contributed by atoms with E-state index in [1.54, 1.807) is 12.1 Å². The van der Waals surface area contributed by atoms with Crippen molar-refractivity contribution in [2.75, 3.05) is 13.1 Å². The smallest absolute Gasteiger partial charge is 0.335 e. The Balaban J connectivity index is 0.00000461. The van der Waals surface area contributed by atoms with E-state index in [1.807, 2.05) is 12.1 Å². The quantitative estimate of drug-likeness (QED) is 0.273. The molecule has 2 aliphatic heterocycles. The normalized spacial score (nSPS) is 23.5. The van der Waals surface area contributed by atoms with Gasteiger partial charge in [-0.25, -0.2) is 15.0 Å². The minimum Gasteiger partial charge on any atom is -0.478 e. The monoisotopic (exact) mass is 642 g/mol. The number of nitrogens with one attached hydrogen (secondary N) is 2. The molecule has 3 fully saturated rings. The first kappa shape index (κ1) is 34.7. The van der Waals surface area contributed by atoms with Gasteiger partial charge in [-0.1, -0.05) is 44.7 Å². The average molecular weight is 643 g/mol. The van der Waals surface area contributed by atoms with Crippen LogP contribution in [0.4, 0.5) is 0 Å². The Kier molecular flexibility index (Phi) is 12.6. The fraction of sp³-hybridized carbons (Fsp3) is 0.559. The molecule has 0 bridgehead atoms. The molecule has 3 atom stereocenters. The van der Waals surface area contributed by atoms with Gasteiger partial charge in [0.15, 0.2) is 6.23 Å². The number of carbonyl (C=O) groups is 3. The highest BCUT2D eigenvalue weighted by molar-refractivity contribution is 5.87. The SMILES string of the molecule is CCCC1OC(=O)C(NC(C)=O)C(C2CCCCC2)N1NC1CCN(Cc2ccc(Oc3ccc(C(=O)O)cc3)cc2)CC1.Cl. The van der Waals surface area contributed by atoms with Crippen molar-refractivity contribution >= 4 is 30.3 Å². The molecule has 2 heterocycles. The van der Waals surface area contributed by atoms with E-state index in [0.29, 0.717) is 17.4 Å². The van der Waals surface area contributed by atoms with Gasteiger partial charge in [-0.2, -0.15) is 5.01 Å². The number of hydrogen-bond acceptors (Lipinski definition) is 8. The number of hydrazine groups is 1. The third kappa shape index (κ3) is 9.19. The Morgan fingerprint density at radius 1 is 0.956 bits per heavy atom. The van der Waals surface area contributed by atoms with Crippen molar-refractivity contribution in [2.45, 2.75) is 103 Å². The summed E-state index contributed by atoms with van der Waals surface area (Å²) in [5, 5.41) is 14.2. The Labute approximate surface area is 272 Å². The molecule has 10 nitrogen and oxygen atoms in total. The number of likely N-dealkylation sites (tertiary alicyclic amines) is 1. The second-order valence-corrected chi connectivity index (χ2v) is 12.4. The van der Waals surface area contributed by atoms with Gasteiger partial charge < -0.3 is 19.9 Å². The number of hydrogen-bond donors (Lipinski definition) is 3. The van der Waals surface area contributed by atoms with Crippen molar-refractivity contribution in [1.29, 1.82) is 0 Å². The number of aromatic carboxylic acids is 1. The number of amides is 1. The summed E-state index contributed by atoms with van der Waals surface area (Å²) in [5.41, 5.74) is 5.24. The maximum atomic E-state index is 13.1. The van der Waals surface area contributed by atoms with Crippen molar-refractivity contribution in [3.05, 3.63) is 59.7 Å². The highest BCUT2D eigenvalue weighted by Gasteiger charge is 2.48. The molecule has 5 rings (SSSR count). The van der Waals surface area contributed by atoms with Gasteiger partial charge in [-0.3, -0.25) is 9.69 Å². The fourth-order valence-electron chi connectivity index (χ4n) is 6.86. The van der Waals surface area contributed by atoms with E-state index >= 15 is 0 Å². The number of nitrogens with zero attached hydrogens (tertiary/aromatic N) is 2. The van der Waals surface area contributed by atoms with Gasteiger partial charge in [0.1, 0.15) is 17.5 Å². The third-order valence-electron chi connectivity index (χ3n) is 9.09. The number of carbonyl (C=O) groups excluding carboxylic acids is 2. The summed E-state index contributed by atoms with van der Waals surface area (Å²) in [4.78, 5) is 38.8. The van der Waals surface area contributed by atoms with E-state index in [9.17, 15) is 14.4 Å². The maximum Gasteiger partial charge on any atom is 0.335 e. The molecule has 1 amide bonds. The molecule has 3 aliphatic rings. The number of esters is 1. The number of benzene rings is 2. The van der Waals surface area contributed by atoms with E-state index in [0.717, 1.165) is 71.0 Å². The molecular formula is C34H47ClN4O6. The van der Waals surface area contributed by atoms with E-state index in [2.05, 4.69) is 39.7 Å². The first-order chi connectivity index (χ1) is 21.3. The molecule has 0 aromatic heterocycles. The van der Waals surface area contributed by atoms with Crippen molar-refractivity contribution in [2.24, 2.45) is 5.92 Å². The molecular weight excluding hydrogens is 596 g/mol. The largest absolute Gasteiger partial charge is 0.478 e. The number of ether oxygens (including phenoxy) is 2. The number of carboxylic acids is 1. The van der Waals surface area contributed by atoms with Crippen molar-refractivity contribution in [3.8, 4) is 11.5 Å². The van der Waals surface area contributed by atoms with Crippen molar-refractivity contribution < 1.29 is 29.0 Å². The number of piperidine rings is 1. The van der Waals surface area contributed by atoms with Crippen LogP contribution in [0.2, 0.25) is 0 Å². The van der Waals surface area contributed by atoms with Crippen LogP contribution in [0.25, 0.3) is 0 Å². The van der Waals surface area contributed by atoms with E-state index in [1.165, 1.54) is 31.0 Å². The van der Waals surface area contributed by atoms with Crippen LogP contribution in [0.5, 0.6) is 11.5 Å². The number of halogens is 1. The van der Waals surface area contributed by atoms with E-state index < -0.39 is 12.0 Å². The van der Waals surface area contributed by atoms with Crippen LogP contribution in [-0.4, -0.2) is 70.3 Å². The van der Waals surface area contributed by atoms with Crippen LogP contribution in [0.1, 0.15) is 87.6 Å². The first-order valence-corrected chi connectivity index (χ1v) is 16.2. The summed E-state index contributed by atoms with van der Waals surface area (Å²) in [5.74, 6) is 0.150. The first-order valence-electron chi connectivity index (χ1n) is 16.2. The molecule has 0 spiro atoms. The number of carboxylic acid groups (broad SMARTS) is 1. The lowest BCUT2D eigenvalue weighted by molar-refractivity contribution is -0.200. The Morgan fingerprint density at radius 3 is 2.16 bits per heavy atom. The zero-order valence-electron chi connectivity index (χ0n) is 26.3. The minimum absolute atomic E-state index is 0. The summed E-state index contributed by atoms with van der Waals surface area (Å²) in [6.45, 7) is 6.31. The van der Waals surface area contributed by atoms with Gasteiger partial charge in [-0.05, 0) is 80.0 Å². The molecule has 45 heavy (non-hydrogen) atoms. The highest BCUT2D eigenvalue weighted by atomic mass is 35.5. The van der Waals surface area contributed by atoms with Crippen LogP contribution < -0.4 is 15.5 Å². The van der Waals surface area contributed by atoms with Crippen LogP contribution >= 0.6 is 12.4 Å². The zero-order chi connectivity index (χ0) is 31.1. The molecule has 2 aromatic rings. The van der Waals surface area contributed by atoms with Crippen LogP contribution in [0, 0.1) is 5.92 Å². The molecule has 2 saturated heterocycles. The average Bonchev–Trinajstić information content (AvgIpc) is 3.02. The second-order valence-electron chi connectivity index (χ2n) is 12.4. The van der Waals surface area contributed by atoms with Crippen molar-refractivity contribution in [3.63, 3.8) is 0 Å². The van der Waals surface area contributed by atoms with Crippen LogP contribution in [0.15, 0.2) is 48.5 Å². The predicted molar refractivity (Wildman–Crippen MR) is 173 cm³/mol. The van der Waals surface area contributed by atoms with Gasteiger partial charge in [0.2, 0.25) is 5.91 Å². The maximum absolute atomic E-state index is 13.1. The van der Waals surface area contributed by atoms with E-state index in [4.69, 9.17) is 14.6 Å². The zero-order valence-corrected chi connectivity index (χ0v) is 27.1. The van der Waals surface area contributed by atoms with Gasteiger partial charge >= 0.3 is 11.9 Å². The molecule has 246 valence electrons. The van der Waals surface area contributed by atoms with Gasteiger partial charge in [0, 0.05) is 32.6 Å². The van der Waals surface area contributed by atoms with Crippen LogP contribution in [0.3, 0.4) is 0 Å². The number of rotatable bonds is 11. The topological polar surface area (TPSA) is 120 Å². The molecule has 3 unspecified atom stereocenters.